The van der Waals surface area contributed by atoms with Crippen molar-refractivity contribution >= 4 is 46.8 Å². The van der Waals surface area contributed by atoms with E-state index < -0.39 is 11.8 Å². The summed E-state index contributed by atoms with van der Waals surface area (Å²) in [6, 6.07) is 0.895. The molecule has 0 aliphatic rings. The maximum Gasteiger partial charge on any atom is 0.312 e. The first-order valence-corrected chi connectivity index (χ1v) is 21.3. The molecule has 0 heterocycles. The number of carbonyl (C=O) groups excluding carboxylic acids is 8. The quantitative estimate of drug-likeness (QED) is 0.167. The molecule has 0 fully saturated rings. The molecule has 13 nitrogen and oxygen atoms in total. The van der Waals surface area contributed by atoms with Crippen LogP contribution in [0.2, 0.25) is 0 Å². The molecule has 0 atom stereocenters. The fraction of sp³-hybridized carbons (Fsp3) is 0.826. The molecule has 0 aromatic rings. The summed E-state index contributed by atoms with van der Waals surface area (Å²) in [4.78, 5) is 98.2. The third-order valence-electron chi connectivity index (χ3n) is 10.4. The number of likely N-dealkylation sites (N-methyl/N-ethyl adjacent to an activating group) is 4. The molecule has 0 aromatic carbocycles. The lowest BCUT2D eigenvalue weighted by Crippen LogP contribution is -2.48. The lowest BCUT2D eigenvalue weighted by atomic mass is 9.88. The number of rotatable bonds is 14. The monoisotopic (exact) mass is 842 g/mol. The summed E-state index contributed by atoms with van der Waals surface area (Å²) in [5.74, 6) is -2.84. The fourth-order valence-corrected chi connectivity index (χ4v) is 3.72. The minimum absolute atomic E-state index is 0.0482. The maximum atomic E-state index is 11.6. The number of nitrogens with zero attached hydrogens (tertiary/aromatic N) is 5. The average Bonchev–Trinajstić information content (AvgIpc) is 3.13. The van der Waals surface area contributed by atoms with Gasteiger partial charge in [0.2, 0.25) is 23.1 Å². The van der Waals surface area contributed by atoms with Crippen LogP contribution >= 0.6 is 0 Å². The van der Waals surface area contributed by atoms with Crippen molar-refractivity contribution in [3.05, 3.63) is 0 Å². The Labute approximate surface area is 361 Å². The Morgan fingerprint density at radius 3 is 0.610 bits per heavy atom. The van der Waals surface area contributed by atoms with Gasteiger partial charge in [-0.2, -0.15) is 0 Å². The van der Waals surface area contributed by atoms with Crippen molar-refractivity contribution in [2.45, 2.75) is 188 Å². The Bertz CT molecular complexity index is 1230. The molecule has 0 saturated carbocycles. The van der Waals surface area contributed by atoms with Crippen LogP contribution in [0, 0.1) is 29.6 Å². The Balaban J connectivity index is -0.000000207. The van der Waals surface area contributed by atoms with Gasteiger partial charge in [0.1, 0.15) is 0 Å². The highest BCUT2D eigenvalue weighted by Crippen LogP contribution is 2.24. The van der Waals surface area contributed by atoms with Gasteiger partial charge < -0.3 is 19.6 Å². The van der Waals surface area contributed by atoms with Crippen molar-refractivity contribution in [2.75, 3.05) is 35.2 Å². The summed E-state index contributed by atoms with van der Waals surface area (Å²) in [5.41, 5.74) is 0.314. The van der Waals surface area contributed by atoms with Gasteiger partial charge in [-0.15, -0.1) is 0 Å². The zero-order valence-corrected chi connectivity index (χ0v) is 42.8. The number of Topliss-reactive ketones (excluding diaryl/α,β-unsaturated/α-hetero) is 4. The Kier molecular flexibility index (Phi) is 33.5. The summed E-state index contributed by atoms with van der Waals surface area (Å²) >= 11 is 0. The van der Waals surface area contributed by atoms with E-state index in [1.807, 2.05) is 55.4 Å². The Morgan fingerprint density at radius 1 is 0.305 bits per heavy atom. The van der Waals surface area contributed by atoms with Crippen LogP contribution < -0.4 is 0 Å². The topological polar surface area (TPSA) is 153 Å². The van der Waals surface area contributed by atoms with Crippen molar-refractivity contribution in [3.63, 3.8) is 0 Å². The van der Waals surface area contributed by atoms with Crippen LogP contribution in [0.15, 0.2) is 0 Å². The third kappa shape index (κ3) is 25.7. The zero-order chi connectivity index (χ0) is 48.8. The van der Waals surface area contributed by atoms with Gasteiger partial charge in [-0.05, 0) is 96.1 Å². The summed E-state index contributed by atoms with van der Waals surface area (Å²) in [7, 11) is 8.77. The van der Waals surface area contributed by atoms with Gasteiger partial charge >= 0.3 is 11.8 Å². The Morgan fingerprint density at radius 2 is 0.492 bits per heavy atom. The Hall–Kier alpha value is -3.48. The number of hydrogen-bond acceptors (Lipinski definition) is 9. The lowest BCUT2D eigenvalue weighted by Gasteiger charge is -2.41. The van der Waals surface area contributed by atoms with E-state index in [4.69, 9.17) is 0 Å². The van der Waals surface area contributed by atoms with Crippen LogP contribution in [0.4, 0.5) is 0 Å². The molecule has 0 spiro atoms. The van der Waals surface area contributed by atoms with Crippen LogP contribution in [0.3, 0.4) is 0 Å². The maximum absolute atomic E-state index is 11.6. The van der Waals surface area contributed by atoms with Crippen LogP contribution in [-0.2, 0) is 38.4 Å². The molecule has 0 N–H and O–H groups in total. The molecule has 4 amide bonds. The minimum atomic E-state index is -0.448. The molecule has 0 bridgehead atoms. The molecule has 0 radical (unpaired) electrons. The van der Waals surface area contributed by atoms with Gasteiger partial charge in [-0.3, -0.25) is 43.3 Å². The van der Waals surface area contributed by atoms with Gasteiger partial charge in [-0.25, -0.2) is 0 Å². The number of hydrogen-bond donors (Lipinski definition) is 0. The van der Waals surface area contributed by atoms with Gasteiger partial charge in [-0.1, -0.05) is 69.2 Å². The van der Waals surface area contributed by atoms with Crippen molar-refractivity contribution < 1.29 is 38.4 Å². The minimum Gasteiger partial charge on any atom is -0.337 e. The normalized spacial score (nSPS) is 11.2. The van der Waals surface area contributed by atoms with Crippen LogP contribution in [-0.4, -0.2) is 142 Å². The van der Waals surface area contributed by atoms with Crippen molar-refractivity contribution in [1.82, 2.24) is 24.5 Å². The fourth-order valence-electron chi connectivity index (χ4n) is 3.72. The SMILES string of the molecule is CC(C)C(=O)C(=O)C(C)C.CC(C)C(=O)C(=O)N(C)C(C)C.CC(C)C(=O)C(=O)N(C)C(C)C.CC(C)N(C)C(=O)C(=O)N(C)C(C)C.CC(C)N(C)C(C)(C)C(C)C. The van der Waals surface area contributed by atoms with Crippen LogP contribution in [0.25, 0.3) is 0 Å². The van der Waals surface area contributed by atoms with Crippen molar-refractivity contribution in [1.29, 1.82) is 0 Å². The molecule has 0 aliphatic carbocycles. The first-order chi connectivity index (χ1) is 26.3. The third-order valence-corrected chi connectivity index (χ3v) is 10.4. The summed E-state index contributed by atoms with van der Waals surface area (Å²) in [6.45, 7) is 42.5. The van der Waals surface area contributed by atoms with E-state index in [1.54, 1.807) is 83.6 Å². The van der Waals surface area contributed by atoms with E-state index >= 15 is 0 Å². The van der Waals surface area contributed by atoms with E-state index in [2.05, 4.69) is 53.5 Å². The molecule has 0 saturated heterocycles. The molecule has 0 aromatic heterocycles. The second kappa shape index (κ2) is 30.5. The van der Waals surface area contributed by atoms with Gasteiger partial charge in [0.05, 0.1) is 0 Å². The van der Waals surface area contributed by atoms with Gasteiger partial charge in [0.15, 0.2) is 0 Å². The number of amides is 4. The first kappa shape index (κ1) is 64.7. The largest absolute Gasteiger partial charge is 0.337 e. The highest BCUT2D eigenvalue weighted by atomic mass is 16.2. The molecule has 348 valence electrons. The van der Waals surface area contributed by atoms with E-state index in [0.717, 1.165) is 0 Å². The predicted molar refractivity (Wildman–Crippen MR) is 243 cm³/mol. The molecule has 13 heteroatoms. The highest BCUT2D eigenvalue weighted by molar-refractivity contribution is 6.38. The standard InChI is InChI=1S/C10H20N2O2.C10H23N.2C9H17NO2.C8H14O2/c1-7(2)11(5)9(13)10(14)12(6)8(3)4;1-8(2)10(5,6)11(7)9(3)4;2*1-6(2)8(11)9(12)10(5)7(3)4;1-5(2)7(9)8(10)6(3)4/h7-8H,1-6H3;8-9H,1-7H3;2*6-7H,1-5H3;5-6H,1-4H3. The van der Waals surface area contributed by atoms with Crippen molar-refractivity contribution in [2.24, 2.45) is 29.6 Å². The molecular formula is C46H91N5O8. The highest BCUT2D eigenvalue weighted by Gasteiger charge is 2.29. The average molecular weight is 842 g/mol. The molecule has 59 heavy (non-hydrogen) atoms. The summed E-state index contributed by atoms with van der Waals surface area (Å²) < 4.78 is 0. The molecule has 0 rings (SSSR count). The second-order valence-electron chi connectivity index (χ2n) is 18.6. The lowest BCUT2D eigenvalue weighted by molar-refractivity contribution is -0.152. The molecule has 0 unspecified atom stereocenters. The summed E-state index contributed by atoms with van der Waals surface area (Å²) in [5, 5.41) is 0. The van der Waals surface area contributed by atoms with Crippen molar-refractivity contribution in [3.8, 4) is 0 Å². The van der Waals surface area contributed by atoms with E-state index in [0.29, 0.717) is 17.5 Å². The van der Waals surface area contributed by atoms with Crippen LogP contribution in [0.1, 0.15) is 152 Å². The number of carbonyl (C=O) groups is 8. The number of ketones is 4. The summed E-state index contributed by atoms with van der Waals surface area (Å²) in [6.07, 6.45) is 0. The van der Waals surface area contributed by atoms with Gasteiger partial charge in [0.25, 0.3) is 11.8 Å². The van der Waals surface area contributed by atoms with Crippen LogP contribution in [0.5, 0.6) is 0 Å². The first-order valence-electron chi connectivity index (χ1n) is 21.3. The zero-order valence-electron chi connectivity index (χ0n) is 42.8. The van der Waals surface area contributed by atoms with Gasteiger partial charge in [0, 0.05) is 87.6 Å². The van der Waals surface area contributed by atoms with E-state index in [9.17, 15) is 38.4 Å². The predicted octanol–water partition coefficient (Wildman–Crippen LogP) is 7.07. The van der Waals surface area contributed by atoms with E-state index in [1.165, 1.54) is 19.6 Å². The molecular weight excluding hydrogens is 751 g/mol. The smallest absolute Gasteiger partial charge is 0.312 e. The van der Waals surface area contributed by atoms with E-state index in [-0.39, 0.29) is 82.8 Å². The second-order valence-corrected chi connectivity index (χ2v) is 18.6. The molecule has 0 aliphatic heterocycles.